The number of halogens is 5. The van der Waals surface area contributed by atoms with Crippen molar-refractivity contribution in [3.8, 4) is 11.4 Å². The van der Waals surface area contributed by atoms with Crippen LogP contribution >= 0.6 is 0 Å². The lowest BCUT2D eigenvalue weighted by Crippen LogP contribution is -2.63. The Kier molecular flexibility index (Phi) is 6.56. The summed E-state index contributed by atoms with van der Waals surface area (Å²) >= 11 is 0. The molecule has 0 amide bonds. The van der Waals surface area contributed by atoms with Gasteiger partial charge in [0.15, 0.2) is 28.9 Å². The second kappa shape index (κ2) is 9.72. The van der Waals surface area contributed by atoms with Gasteiger partial charge in [-0.1, -0.05) is 0 Å². The SMILES string of the molecule is Nc1ncnc2c1ncn2Cc1nc(-c2cc(F)c(F)cc2F)ncc1N1CCC[C@](N)([C@H](O)C(F)F)C1. The number of hydrogen-bond acceptors (Lipinski definition) is 9. The summed E-state index contributed by atoms with van der Waals surface area (Å²) in [5.74, 6) is -3.81. The highest BCUT2D eigenvalue weighted by Crippen LogP contribution is 2.32. The molecule has 0 saturated carbocycles. The zero-order valence-corrected chi connectivity index (χ0v) is 19.7. The summed E-state index contributed by atoms with van der Waals surface area (Å²) in [5.41, 5.74) is 11.4. The minimum Gasteiger partial charge on any atom is -0.385 e. The number of aliphatic hydroxyl groups is 1. The number of benzene rings is 1. The number of piperidine rings is 1. The summed E-state index contributed by atoms with van der Waals surface area (Å²) in [5, 5.41) is 10.1. The molecule has 15 heteroatoms. The van der Waals surface area contributed by atoms with Gasteiger partial charge in [-0.3, -0.25) is 0 Å². The predicted octanol–water partition coefficient (Wildman–Crippen LogP) is 2.25. The normalized spacial score (nSPS) is 18.9. The molecule has 10 nitrogen and oxygen atoms in total. The number of hydrogen-bond donors (Lipinski definition) is 3. The van der Waals surface area contributed by atoms with Crippen molar-refractivity contribution < 1.29 is 27.1 Å². The van der Waals surface area contributed by atoms with E-state index in [0.29, 0.717) is 41.9 Å². The number of anilines is 2. The number of imidazole rings is 1. The van der Waals surface area contributed by atoms with Gasteiger partial charge in [-0.05, 0) is 18.9 Å². The number of nitrogens with two attached hydrogens (primary N) is 2. The molecular weight excluding hydrogens is 513 g/mol. The third kappa shape index (κ3) is 4.58. The van der Waals surface area contributed by atoms with E-state index in [0.717, 1.165) is 0 Å². The Balaban J connectivity index is 1.60. The van der Waals surface area contributed by atoms with E-state index in [1.807, 2.05) is 0 Å². The monoisotopic (exact) mass is 535 g/mol. The van der Waals surface area contributed by atoms with Gasteiger partial charge < -0.3 is 26.0 Å². The van der Waals surface area contributed by atoms with Crippen molar-refractivity contribution in [1.82, 2.24) is 29.5 Å². The number of aliphatic hydroxyl groups excluding tert-OH is 1. The van der Waals surface area contributed by atoms with Crippen LogP contribution in [-0.2, 0) is 6.54 Å². The third-order valence-corrected chi connectivity index (χ3v) is 6.57. The van der Waals surface area contributed by atoms with Crippen molar-refractivity contribution in [3.05, 3.63) is 54.1 Å². The first kappa shape index (κ1) is 25.7. The van der Waals surface area contributed by atoms with E-state index < -0.39 is 35.5 Å². The molecule has 0 bridgehead atoms. The lowest BCUT2D eigenvalue weighted by molar-refractivity contribution is -0.0529. The molecule has 4 aromatic rings. The summed E-state index contributed by atoms with van der Waals surface area (Å²) in [4.78, 5) is 22.5. The number of aromatic nitrogens is 6. The summed E-state index contributed by atoms with van der Waals surface area (Å²) in [7, 11) is 0. The van der Waals surface area contributed by atoms with Crippen molar-refractivity contribution in [2.45, 2.75) is 37.5 Å². The minimum atomic E-state index is -3.04. The molecule has 4 heterocycles. The molecule has 1 saturated heterocycles. The van der Waals surface area contributed by atoms with Crippen molar-refractivity contribution in [1.29, 1.82) is 0 Å². The molecule has 0 aliphatic carbocycles. The Morgan fingerprint density at radius 1 is 1.05 bits per heavy atom. The molecule has 1 aliphatic heterocycles. The average Bonchev–Trinajstić information content (AvgIpc) is 3.29. The van der Waals surface area contributed by atoms with Gasteiger partial charge in [0, 0.05) is 19.2 Å². The maximum Gasteiger partial charge on any atom is 0.265 e. The first-order valence-corrected chi connectivity index (χ1v) is 11.5. The first-order chi connectivity index (χ1) is 18.1. The van der Waals surface area contributed by atoms with E-state index >= 15 is 0 Å². The summed E-state index contributed by atoms with van der Waals surface area (Å²) in [6.45, 7) is 0.214. The van der Waals surface area contributed by atoms with Gasteiger partial charge in [0.2, 0.25) is 0 Å². The van der Waals surface area contributed by atoms with Crippen LogP contribution in [0.3, 0.4) is 0 Å². The average molecular weight is 535 g/mol. The lowest BCUT2D eigenvalue weighted by Gasteiger charge is -2.43. The molecule has 0 unspecified atom stereocenters. The van der Waals surface area contributed by atoms with E-state index in [4.69, 9.17) is 11.5 Å². The molecule has 0 radical (unpaired) electrons. The Morgan fingerprint density at radius 3 is 2.58 bits per heavy atom. The van der Waals surface area contributed by atoms with Crippen LogP contribution in [0.2, 0.25) is 0 Å². The van der Waals surface area contributed by atoms with Crippen LogP contribution in [0, 0.1) is 17.5 Å². The zero-order chi connectivity index (χ0) is 27.2. The Bertz CT molecular complexity index is 1500. The molecule has 1 fully saturated rings. The minimum absolute atomic E-state index is 0.0193. The van der Waals surface area contributed by atoms with E-state index in [-0.39, 0.29) is 42.4 Å². The fourth-order valence-corrected chi connectivity index (χ4v) is 4.60. The molecule has 1 aliphatic rings. The smallest absolute Gasteiger partial charge is 0.265 e. The Labute approximate surface area is 212 Å². The van der Waals surface area contributed by atoms with Gasteiger partial charge in [-0.25, -0.2) is 46.9 Å². The Hall–Kier alpha value is -3.98. The highest BCUT2D eigenvalue weighted by molar-refractivity contribution is 5.81. The molecule has 38 heavy (non-hydrogen) atoms. The standard InChI is InChI=1S/C23H22F5N9O/c24-12-5-14(26)13(25)4-11(12)21-31-6-16(36-3-1-2-23(30,8-36)18(38)19(27)28)15(35-21)7-37-10-34-17-20(29)32-9-33-22(17)37/h4-6,9-10,18-19,38H,1-3,7-8,30H2,(H2,29,32,33)/t18-,23-/m1/s1. The van der Waals surface area contributed by atoms with Crippen molar-refractivity contribution in [2.24, 2.45) is 5.73 Å². The molecule has 200 valence electrons. The van der Waals surface area contributed by atoms with Gasteiger partial charge in [0.25, 0.3) is 6.43 Å². The van der Waals surface area contributed by atoms with Gasteiger partial charge in [-0.2, -0.15) is 0 Å². The molecule has 5 N–H and O–H groups in total. The van der Waals surface area contributed by atoms with Gasteiger partial charge in [0.05, 0.1) is 41.6 Å². The van der Waals surface area contributed by atoms with E-state index in [1.54, 1.807) is 9.47 Å². The predicted molar refractivity (Wildman–Crippen MR) is 127 cm³/mol. The maximum absolute atomic E-state index is 14.5. The largest absolute Gasteiger partial charge is 0.385 e. The highest BCUT2D eigenvalue weighted by Gasteiger charge is 2.43. The van der Waals surface area contributed by atoms with Gasteiger partial charge in [0.1, 0.15) is 23.8 Å². The zero-order valence-electron chi connectivity index (χ0n) is 19.7. The molecule has 5 rings (SSSR count). The fraction of sp³-hybridized carbons (Fsp3) is 0.348. The van der Waals surface area contributed by atoms with Gasteiger partial charge >= 0.3 is 0 Å². The van der Waals surface area contributed by atoms with E-state index in [9.17, 15) is 27.1 Å². The second-order valence-corrected chi connectivity index (χ2v) is 9.11. The van der Waals surface area contributed by atoms with E-state index in [2.05, 4.69) is 24.9 Å². The topological polar surface area (TPSA) is 145 Å². The van der Waals surface area contributed by atoms with Crippen molar-refractivity contribution >= 4 is 22.7 Å². The quantitative estimate of drug-likeness (QED) is 0.250. The van der Waals surface area contributed by atoms with Gasteiger partial charge in [-0.15, -0.1) is 0 Å². The molecule has 0 spiro atoms. The summed E-state index contributed by atoms with van der Waals surface area (Å²) < 4.78 is 70.2. The number of nitrogens with zero attached hydrogens (tertiary/aromatic N) is 7. The second-order valence-electron chi connectivity index (χ2n) is 9.11. The molecular formula is C23H22F5N9O. The van der Waals surface area contributed by atoms with E-state index in [1.165, 1.54) is 18.9 Å². The maximum atomic E-state index is 14.5. The third-order valence-electron chi connectivity index (χ3n) is 6.57. The molecule has 2 atom stereocenters. The highest BCUT2D eigenvalue weighted by atomic mass is 19.3. The van der Waals surface area contributed by atoms with Crippen LogP contribution in [0.25, 0.3) is 22.6 Å². The summed E-state index contributed by atoms with van der Waals surface area (Å²) in [6.07, 6.45) is -0.565. The fourth-order valence-electron chi connectivity index (χ4n) is 4.60. The van der Waals surface area contributed by atoms with Crippen LogP contribution in [0.1, 0.15) is 18.5 Å². The number of fused-ring (bicyclic) bond motifs is 1. The van der Waals surface area contributed by atoms with Crippen molar-refractivity contribution in [2.75, 3.05) is 23.7 Å². The molecule has 1 aromatic carbocycles. The van der Waals surface area contributed by atoms with Crippen LogP contribution in [0.15, 0.2) is 31.0 Å². The van der Waals surface area contributed by atoms with Crippen LogP contribution in [-0.4, -0.2) is 65.8 Å². The van der Waals surface area contributed by atoms with Crippen LogP contribution in [0.5, 0.6) is 0 Å². The van der Waals surface area contributed by atoms with Crippen molar-refractivity contribution in [3.63, 3.8) is 0 Å². The molecule has 3 aromatic heterocycles. The van der Waals surface area contributed by atoms with Crippen LogP contribution in [0.4, 0.5) is 33.5 Å². The Morgan fingerprint density at radius 2 is 1.82 bits per heavy atom. The van der Waals surface area contributed by atoms with Crippen LogP contribution < -0.4 is 16.4 Å². The first-order valence-electron chi connectivity index (χ1n) is 11.5. The summed E-state index contributed by atoms with van der Waals surface area (Å²) in [6, 6.07) is 1.04. The lowest BCUT2D eigenvalue weighted by atomic mass is 9.84. The number of rotatable bonds is 6. The number of nitrogen functional groups attached to an aromatic ring is 1. The number of alkyl halides is 2.